The molecular formula is C16H33N. The fraction of sp³-hybridized carbons (Fsp3) is 1.00. The van der Waals surface area contributed by atoms with Gasteiger partial charge in [0.2, 0.25) is 0 Å². The largest absolute Gasteiger partial charge is 0.314 e. The summed E-state index contributed by atoms with van der Waals surface area (Å²) < 4.78 is 0. The SMILES string of the molecule is CCNC(CCC1CC1)CC(C)CC(C)(C)C. The van der Waals surface area contributed by atoms with Crippen molar-refractivity contribution < 1.29 is 0 Å². The Morgan fingerprint density at radius 3 is 2.35 bits per heavy atom. The second-order valence-corrected chi connectivity index (χ2v) is 7.38. The Kier molecular flexibility index (Phi) is 5.99. The Morgan fingerprint density at radius 1 is 1.24 bits per heavy atom. The Balaban J connectivity index is 2.25. The minimum absolute atomic E-state index is 0.479. The van der Waals surface area contributed by atoms with Gasteiger partial charge in [-0.3, -0.25) is 0 Å². The molecule has 1 rings (SSSR count). The number of rotatable bonds is 8. The molecule has 0 aromatic rings. The molecule has 1 N–H and O–H groups in total. The van der Waals surface area contributed by atoms with Gasteiger partial charge in [0.15, 0.2) is 0 Å². The quantitative estimate of drug-likeness (QED) is 0.652. The van der Waals surface area contributed by atoms with Gasteiger partial charge >= 0.3 is 0 Å². The number of hydrogen-bond acceptors (Lipinski definition) is 1. The van der Waals surface area contributed by atoms with E-state index in [0.29, 0.717) is 5.41 Å². The number of nitrogens with one attached hydrogen (secondary N) is 1. The molecule has 1 heteroatoms. The standard InChI is InChI=1S/C16H33N/c1-6-17-15(10-9-14-7-8-14)11-13(2)12-16(3,4)5/h13-15,17H,6-12H2,1-5H3. The van der Waals surface area contributed by atoms with E-state index in [1.54, 1.807) is 0 Å². The van der Waals surface area contributed by atoms with Crippen LogP contribution in [0.15, 0.2) is 0 Å². The highest BCUT2D eigenvalue weighted by molar-refractivity contribution is 4.78. The minimum Gasteiger partial charge on any atom is -0.314 e. The van der Waals surface area contributed by atoms with E-state index in [4.69, 9.17) is 0 Å². The predicted molar refractivity (Wildman–Crippen MR) is 77.3 cm³/mol. The van der Waals surface area contributed by atoms with E-state index in [2.05, 4.69) is 39.9 Å². The Labute approximate surface area is 109 Å². The van der Waals surface area contributed by atoms with Gasteiger partial charge in [-0.1, -0.05) is 47.5 Å². The average molecular weight is 239 g/mol. The second-order valence-electron chi connectivity index (χ2n) is 7.38. The van der Waals surface area contributed by atoms with Crippen LogP contribution in [0.25, 0.3) is 0 Å². The summed E-state index contributed by atoms with van der Waals surface area (Å²) in [5, 5.41) is 3.68. The average Bonchev–Trinajstić information content (AvgIpc) is 2.94. The normalized spacial score (nSPS) is 20.3. The molecule has 2 atom stereocenters. The summed E-state index contributed by atoms with van der Waals surface area (Å²) in [4.78, 5) is 0. The van der Waals surface area contributed by atoms with Crippen LogP contribution < -0.4 is 5.32 Å². The maximum Gasteiger partial charge on any atom is 0.00695 e. The third-order valence-corrected chi connectivity index (χ3v) is 3.76. The first kappa shape index (κ1) is 15.0. The third kappa shape index (κ3) is 7.81. The van der Waals surface area contributed by atoms with Crippen molar-refractivity contribution >= 4 is 0 Å². The smallest absolute Gasteiger partial charge is 0.00695 e. The van der Waals surface area contributed by atoms with Gasteiger partial charge < -0.3 is 5.32 Å². The van der Waals surface area contributed by atoms with Crippen molar-refractivity contribution in [2.45, 2.75) is 79.2 Å². The summed E-state index contributed by atoms with van der Waals surface area (Å²) in [6.45, 7) is 12.9. The van der Waals surface area contributed by atoms with Gasteiger partial charge in [-0.2, -0.15) is 0 Å². The summed E-state index contributed by atoms with van der Waals surface area (Å²) in [5.41, 5.74) is 0.479. The Hall–Kier alpha value is -0.0400. The molecule has 0 spiro atoms. The molecule has 0 heterocycles. The van der Waals surface area contributed by atoms with Gasteiger partial charge in [0.1, 0.15) is 0 Å². The zero-order valence-corrected chi connectivity index (χ0v) is 12.7. The molecule has 1 nitrogen and oxygen atoms in total. The molecule has 0 bridgehead atoms. The topological polar surface area (TPSA) is 12.0 Å². The zero-order valence-electron chi connectivity index (χ0n) is 12.7. The van der Waals surface area contributed by atoms with E-state index in [1.807, 2.05) is 0 Å². The predicted octanol–water partition coefficient (Wildman–Crippen LogP) is 4.62. The summed E-state index contributed by atoms with van der Waals surface area (Å²) in [6, 6.07) is 0.762. The van der Waals surface area contributed by atoms with Crippen molar-refractivity contribution in [1.29, 1.82) is 0 Å². The van der Waals surface area contributed by atoms with Gasteiger partial charge in [-0.15, -0.1) is 0 Å². The van der Waals surface area contributed by atoms with Gasteiger partial charge in [0.05, 0.1) is 0 Å². The monoisotopic (exact) mass is 239 g/mol. The molecule has 1 aliphatic rings. The Morgan fingerprint density at radius 2 is 1.88 bits per heavy atom. The molecule has 0 aliphatic heterocycles. The fourth-order valence-corrected chi connectivity index (χ4v) is 3.05. The molecule has 2 unspecified atom stereocenters. The van der Waals surface area contributed by atoms with Gasteiger partial charge in [0, 0.05) is 6.04 Å². The highest BCUT2D eigenvalue weighted by Gasteiger charge is 2.24. The van der Waals surface area contributed by atoms with Gasteiger partial charge in [0.25, 0.3) is 0 Å². The Bertz CT molecular complexity index is 200. The van der Waals surface area contributed by atoms with Crippen LogP contribution in [0.1, 0.15) is 73.1 Å². The minimum atomic E-state index is 0.479. The van der Waals surface area contributed by atoms with Crippen LogP contribution >= 0.6 is 0 Å². The van der Waals surface area contributed by atoms with E-state index < -0.39 is 0 Å². The molecular weight excluding hydrogens is 206 g/mol. The van der Waals surface area contributed by atoms with E-state index in [-0.39, 0.29) is 0 Å². The van der Waals surface area contributed by atoms with Crippen LogP contribution in [-0.4, -0.2) is 12.6 Å². The highest BCUT2D eigenvalue weighted by atomic mass is 14.9. The molecule has 0 aromatic carbocycles. The van der Waals surface area contributed by atoms with E-state index in [9.17, 15) is 0 Å². The van der Waals surface area contributed by atoms with Crippen molar-refractivity contribution in [3.63, 3.8) is 0 Å². The molecule has 1 fully saturated rings. The highest BCUT2D eigenvalue weighted by Crippen LogP contribution is 2.35. The fourth-order valence-electron chi connectivity index (χ4n) is 3.05. The first-order valence-electron chi connectivity index (χ1n) is 7.64. The summed E-state index contributed by atoms with van der Waals surface area (Å²) in [7, 11) is 0. The van der Waals surface area contributed by atoms with Crippen molar-refractivity contribution in [2.24, 2.45) is 17.3 Å². The second kappa shape index (κ2) is 6.78. The van der Waals surface area contributed by atoms with E-state index in [0.717, 1.165) is 24.4 Å². The zero-order chi connectivity index (χ0) is 12.9. The van der Waals surface area contributed by atoms with Crippen LogP contribution in [-0.2, 0) is 0 Å². The summed E-state index contributed by atoms with van der Waals surface area (Å²) >= 11 is 0. The van der Waals surface area contributed by atoms with Crippen molar-refractivity contribution in [3.8, 4) is 0 Å². The molecule has 0 aromatic heterocycles. The maximum atomic E-state index is 3.68. The molecule has 1 aliphatic carbocycles. The van der Waals surface area contributed by atoms with Crippen LogP contribution in [0, 0.1) is 17.3 Å². The van der Waals surface area contributed by atoms with Crippen LogP contribution in [0.3, 0.4) is 0 Å². The molecule has 17 heavy (non-hydrogen) atoms. The van der Waals surface area contributed by atoms with E-state index in [1.165, 1.54) is 38.5 Å². The molecule has 0 amide bonds. The molecule has 0 radical (unpaired) electrons. The third-order valence-electron chi connectivity index (χ3n) is 3.76. The van der Waals surface area contributed by atoms with E-state index >= 15 is 0 Å². The number of hydrogen-bond donors (Lipinski definition) is 1. The van der Waals surface area contributed by atoms with Crippen LogP contribution in [0.4, 0.5) is 0 Å². The van der Waals surface area contributed by atoms with Crippen molar-refractivity contribution in [3.05, 3.63) is 0 Å². The molecule has 102 valence electrons. The van der Waals surface area contributed by atoms with Gasteiger partial charge in [-0.25, -0.2) is 0 Å². The summed E-state index contributed by atoms with van der Waals surface area (Å²) in [6.07, 6.45) is 8.55. The lowest BCUT2D eigenvalue weighted by Crippen LogP contribution is -2.31. The first-order valence-corrected chi connectivity index (χ1v) is 7.64. The van der Waals surface area contributed by atoms with Crippen molar-refractivity contribution in [2.75, 3.05) is 6.54 Å². The van der Waals surface area contributed by atoms with Crippen molar-refractivity contribution in [1.82, 2.24) is 5.32 Å². The van der Waals surface area contributed by atoms with Gasteiger partial charge in [-0.05, 0) is 49.5 Å². The lowest BCUT2D eigenvalue weighted by Gasteiger charge is -2.27. The summed E-state index contributed by atoms with van der Waals surface area (Å²) in [5.74, 6) is 1.92. The van der Waals surface area contributed by atoms with Crippen LogP contribution in [0.5, 0.6) is 0 Å². The molecule has 1 saturated carbocycles. The first-order chi connectivity index (χ1) is 7.90. The lowest BCUT2D eigenvalue weighted by molar-refractivity contribution is 0.269. The van der Waals surface area contributed by atoms with Crippen LogP contribution in [0.2, 0.25) is 0 Å². The maximum absolute atomic E-state index is 3.68. The molecule has 0 saturated heterocycles. The lowest BCUT2D eigenvalue weighted by atomic mass is 9.82.